The molecule has 7 heteroatoms. The number of carbonyl (C=O) groups excluding carboxylic acids is 1. The van der Waals surface area contributed by atoms with Crippen molar-refractivity contribution in [3.8, 4) is 0 Å². The first-order valence-electron chi connectivity index (χ1n) is 8.46. The van der Waals surface area contributed by atoms with Gasteiger partial charge in [-0.25, -0.2) is 4.98 Å². The Morgan fingerprint density at radius 2 is 2.25 bits per heavy atom. The molecule has 1 amide bonds. The third-order valence-corrected chi connectivity index (χ3v) is 4.73. The number of pyridine rings is 1. The van der Waals surface area contributed by atoms with Crippen LogP contribution in [0, 0.1) is 6.92 Å². The molecule has 3 heterocycles. The molecule has 0 aromatic carbocycles. The molecular formula is C17H25N5O2. The van der Waals surface area contributed by atoms with Crippen LogP contribution in [0.5, 0.6) is 0 Å². The summed E-state index contributed by atoms with van der Waals surface area (Å²) in [6.45, 7) is 7.33. The van der Waals surface area contributed by atoms with Gasteiger partial charge in [0.05, 0.1) is 31.5 Å². The highest BCUT2D eigenvalue weighted by Crippen LogP contribution is 2.45. The highest BCUT2D eigenvalue weighted by molar-refractivity contribution is 6.00. The Labute approximate surface area is 142 Å². The van der Waals surface area contributed by atoms with Crippen LogP contribution >= 0.6 is 0 Å². The van der Waals surface area contributed by atoms with Crippen LogP contribution in [0.4, 0.5) is 17.2 Å². The van der Waals surface area contributed by atoms with E-state index in [1.807, 2.05) is 25.1 Å². The maximum atomic E-state index is 11.9. The minimum absolute atomic E-state index is 0.0213. The number of amides is 1. The molecule has 2 aliphatic rings. The Morgan fingerprint density at radius 1 is 1.46 bits per heavy atom. The highest BCUT2D eigenvalue weighted by atomic mass is 16.7. The Bertz CT molecular complexity index is 675. The topological polar surface area (TPSA) is 70.1 Å². The Hall–Kier alpha value is -1.99. The summed E-state index contributed by atoms with van der Waals surface area (Å²) < 4.78 is 0. The smallest absolute Gasteiger partial charge is 0.224 e. The number of anilines is 2. The molecule has 3 rings (SSSR count). The number of aromatic nitrogens is 1. The lowest BCUT2D eigenvalue weighted by atomic mass is 9.92. The van der Waals surface area contributed by atoms with Crippen molar-refractivity contribution in [2.75, 3.05) is 30.5 Å². The van der Waals surface area contributed by atoms with E-state index in [1.165, 1.54) is 0 Å². The summed E-state index contributed by atoms with van der Waals surface area (Å²) in [5.41, 5.74) is 2.20. The van der Waals surface area contributed by atoms with E-state index in [9.17, 15) is 4.79 Å². The second kappa shape index (κ2) is 6.49. The number of nitrogens with zero attached hydrogens (tertiary/aromatic N) is 4. The normalized spacial score (nSPS) is 22.4. The molecule has 0 radical (unpaired) electrons. The van der Waals surface area contributed by atoms with Crippen LogP contribution in [0.25, 0.3) is 0 Å². The van der Waals surface area contributed by atoms with Gasteiger partial charge < -0.3 is 15.1 Å². The average molecular weight is 331 g/mol. The van der Waals surface area contributed by atoms with Gasteiger partial charge in [-0.3, -0.25) is 9.79 Å². The standard InChI is InChI=1S/C17H25N5O2/c1-5-7-17-9-19-15-14(20-13(23)6-2)12(3)8-18-16(15)22(17)11-21(10-17)24-4/h8-9H,5-7,10-11H2,1-4H3,(H,18,20,23). The number of hydroxylamine groups is 2. The van der Waals surface area contributed by atoms with Crippen LogP contribution in [0.1, 0.15) is 38.7 Å². The zero-order chi connectivity index (χ0) is 17.3. The van der Waals surface area contributed by atoms with Gasteiger partial charge in [0.2, 0.25) is 5.91 Å². The van der Waals surface area contributed by atoms with Crippen LogP contribution in [-0.2, 0) is 9.63 Å². The number of hydrogen-bond donors (Lipinski definition) is 1. The van der Waals surface area contributed by atoms with Gasteiger partial charge in [0.25, 0.3) is 0 Å². The van der Waals surface area contributed by atoms with Crippen molar-refractivity contribution in [3.63, 3.8) is 0 Å². The van der Waals surface area contributed by atoms with E-state index in [0.29, 0.717) is 13.1 Å². The molecule has 24 heavy (non-hydrogen) atoms. The minimum atomic E-state index is -0.202. The molecule has 1 aromatic rings. The van der Waals surface area contributed by atoms with Crippen LogP contribution in [0.15, 0.2) is 11.2 Å². The molecule has 1 atom stereocenters. The second-order valence-corrected chi connectivity index (χ2v) is 6.39. The maximum Gasteiger partial charge on any atom is 0.224 e. The van der Waals surface area contributed by atoms with Crippen molar-refractivity contribution in [2.24, 2.45) is 4.99 Å². The van der Waals surface area contributed by atoms with Crippen molar-refractivity contribution < 1.29 is 9.63 Å². The Morgan fingerprint density at radius 3 is 2.92 bits per heavy atom. The molecule has 0 saturated carbocycles. The molecule has 1 fully saturated rings. The van der Waals surface area contributed by atoms with Crippen molar-refractivity contribution in [1.82, 2.24) is 10.0 Å². The quantitative estimate of drug-likeness (QED) is 0.898. The summed E-state index contributed by atoms with van der Waals surface area (Å²) in [7, 11) is 1.69. The molecule has 1 aromatic heterocycles. The predicted octanol–water partition coefficient (Wildman–Crippen LogP) is 2.63. The molecule has 1 unspecified atom stereocenters. The third-order valence-electron chi connectivity index (χ3n) is 4.73. The Kier molecular flexibility index (Phi) is 4.56. The van der Waals surface area contributed by atoms with E-state index >= 15 is 0 Å². The van der Waals surface area contributed by atoms with Crippen molar-refractivity contribution in [3.05, 3.63) is 11.8 Å². The highest BCUT2D eigenvalue weighted by Gasteiger charge is 2.47. The number of aryl methyl sites for hydroxylation is 1. The predicted molar refractivity (Wildman–Crippen MR) is 94.7 cm³/mol. The summed E-state index contributed by atoms with van der Waals surface area (Å²) in [4.78, 5) is 28.9. The van der Waals surface area contributed by atoms with Gasteiger partial charge in [0.1, 0.15) is 5.69 Å². The van der Waals surface area contributed by atoms with E-state index in [-0.39, 0.29) is 11.4 Å². The van der Waals surface area contributed by atoms with Gasteiger partial charge in [0, 0.05) is 18.8 Å². The number of hydrogen-bond acceptors (Lipinski definition) is 6. The lowest BCUT2D eigenvalue weighted by Gasteiger charge is -2.38. The molecule has 0 aliphatic carbocycles. The maximum absolute atomic E-state index is 11.9. The fraction of sp³-hybridized carbons (Fsp3) is 0.588. The minimum Gasteiger partial charge on any atom is -0.327 e. The molecular weight excluding hydrogens is 306 g/mol. The molecule has 7 nitrogen and oxygen atoms in total. The van der Waals surface area contributed by atoms with Crippen LogP contribution in [0.2, 0.25) is 0 Å². The fourth-order valence-electron chi connectivity index (χ4n) is 3.43. The van der Waals surface area contributed by atoms with Gasteiger partial charge in [-0.15, -0.1) is 0 Å². The first-order chi connectivity index (χ1) is 11.5. The SMILES string of the molecule is CCCC12C=Nc3c(ncc(C)c3NC(=O)CC)N1CN(OC)C2. The number of fused-ring (bicyclic) bond motifs is 3. The van der Waals surface area contributed by atoms with Gasteiger partial charge in [-0.2, -0.15) is 5.06 Å². The molecule has 1 N–H and O–H groups in total. The van der Waals surface area contributed by atoms with Crippen LogP contribution in [0.3, 0.4) is 0 Å². The van der Waals surface area contributed by atoms with Gasteiger partial charge in [-0.1, -0.05) is 20.3 Å². The summed E-state index contributed by atoms with van der Waals surface area (Å²) in [6.07, 6.45) is 6.25. The lowest BCUT2D eigenvalue weighted by molar-refractivity contribution is -0.115. The lowest BCUT2D eigenvalue weighted by Crippen LogP contribution is -2.49. The number of carbonyl (C=O) groups is 1. The van der Waals surface area contributed by atoms with E-state index in [1.54, 1.807) is 13.3 Å². The molecule has 2 aliphatic heterocycles. The van der Waals surface area contributed by atoms with Crippen LogP contribution in [-0.4, -0.2) is 48.0 Å². The number of rotatable bonds is 5. The molecule has 0 spiro atoms. The zero-order valence-corrected chi connectivity index (χ0v) is 14.8. The number of nitrogens with one attached hydrogen (secondary N) is 1. The van der Waals surface area contributed by atoms with Crippen molar-refractivity contribution in [2.45, 2.75) is 45.6 Å². The summed E-state index contributed by atoms with van der Waals surface area (Å²) in [5.74, 6) is 0.787. The molecule has 0 bridgehead atoms. The van der Waals surface area contributed by atoms with E-state index in [4.69, 9.17) is 9.83 Å². The van der Waals surface area contributed by atoms with Gasteiger partial charge >= 0.3 is 0 Å². The number of aliphatic imine (C=N–C) groups is 1. The van der Waals surface area contributed by atoms with Crippen molar-refractivity contribution >= 4 is 29.3 Å². The third kappa shape index (κ3) is 2.67. The fourth-order valence-corrected chi connectivity index (χ4v) is 3.43. The summed E-state index contributed by atoms with van der Waals surface area (Å²) >= 11 is 0. The summed E-state index contributed by atoms with van der Waals surface area (Å²) in [5, 5.41) is 4.89. The van der Waals surface area contributed by atoms with Gasteiger partial charge in [-0.05, 0) is 18.9 Å². The monoisotopic (exact) mass is 331 g/mol. The van der Waals surface area contributed by atoms with E-state index < -0.39 is 0 Å². The van der Waals surface area contributed by atoms with E-state index in [0.717, 1.165) is 42.1 Å². The largest absolute Gasteiger partial charge is 0.327 e. The summed E-state index contributed by atoms with van der Waals surface area (Å²) in [6, 6.07) is 0. The first-order valence-corrected chi connectivity index (χ1v) is 8.46. The molecule has 130 valence electrons. The van der Waals surface area contributed by atoms with Crippen LogP contribution < -0.4 is 10.2 Å². The molecule has 1 saturated heterocycles. The second-order valence-electron chi connectivity index (χ2n) is 6.39. The van der Waals surface area contributed by atoms with Gasteiger partial charge in [0.15, 0.2) is 5.82 Å². The zero-order valence-electron chi connectivity index (χ0n) is 14.8. The van der Waals surface area contributed by atoms with E-state index in [2.05, 4.69) is 22.1 Å². The average Bonchev–Trinajstić information content (AvgIpc) is 2.96. The van der Waals surface area contributed by atoms with Crippen molar-refractivity contribution in [1.29, 1.82) is 0 Å². The first kappa shape index (κ1) is 16.9. The Balaban J connectivity index is 2.06.